The van der Waals surface area contributed by atoms with Crippen molar-refractivity contribution in [2.75, 3.05) is 40.9 Å². The van der Waals surface area contributed by atoms with Crippen LogP contribution < -0.4 is 5.32 Å². The van der Waals surface area contributed by atoms with E-state index in [1.807, 2.05) is 27.2 Å². The van der Waals surface area contributed by atoms with Crippen LogP contribution in [0.4, 0.5) is 0 Å². The third kappa shape index (κ3) is 40.9. The van der Waals surface area contributed by atoms with Crippen molar-refractivity contribution in [3.63, 3.8) is 0 Å². The van der Waals surface area contributed by atoms with Gasteiger partial charge in [0, 0.05) is 6.42 Å². The van der Waals surface area contributed by atoms with Crippen LogP contribution in [0.15, 0.2) is 36.5 Å². The first-order valence-corrected chi connectivity index (χ1v) is 24.9. The highest BCUT2D eigenvalue weighted by Gasteiger charge is 2.27. The number of unbranched alkanes of at least 4 members (excludes halogenated alkanes) is 25. The van der Waals surface area contributed by atoms with Crippen LogP contribution in [0.2, 0.25) is 0 Å². The molecule has 0 rings (SSSR count). The summed E-state index contributed by atoms with van der Waals surface area (Å²) in [6.45, 7) is 4.78. The Morgan fingerprint density at radius 2 is 0.982 bits per heavy atom. The number of aliphatic hydroxyl groups excluding tert-OH is 1. The lowest BCUT2D eigenvalue weighted by Crippen LogP contribution is -2.45. The highest BCUT2D eigenvalue weighted by Crippen LogP contribution is 2.43. The number of phosphoric acid groups is 1. The number of aliphatic hydroxyl groups is 1. The van der Waals surface area contributed by atoms with E-state index in [0.717, 1.165) is 38.5 Å². The maximum atomic E-state index is 12.9. The van der Waals surface area contributed by atoms with Gasteiger partial charge in [-0.3, -0.25) is 13.8 Å². The Kier molecular flexibility index (Phi) is 38.3. The molecule has 0 aliphatic carbocycles. The number of hydrogen-bond donors (Lipinski definition) is 3. The first-order valence-electron chi connectivity index (χ1n) is 23.4. The monoisotopic (exact) mass is 812 g/mol. The molecule has 0 saturated heterocycles. The van der Waals surface area contributed by atoms with E-state index < -0.39 is 20.0 Å². The van der Waals surface area contributed by atoms with Crippen molar-refractivity contribution in [1.29, 1.82) is 0 Å². The predicted molar refractivity (Wildman–Crippen MR) is 240 cm³/mol. The van der Waals surface area contributed by atoms with Gasteiger partial charge in [0.2, 0.25) is 5.91 Å². The first kappa shape index (κ1) is 54.7. The molecule has 0 heterocycles. The molecule has 0 aliphatic heterocycles. The van der Waals surface area contributed by atoms with E-state index in [0.29, 0.717) is 23.9 Å². The van der Waals surface area contributed by atoms with E-state index in [4.69, 9.17) is 9.05 Å². The second kappa shape index (κ2) is 39.2. The molecule has 330 valence electrons. The van der Waals surface area contributed by atoms with E-state index in [2.05, 4.69) is 43.5 Å². The third-order valence-corrected chi connectivity index (χ3v) is 11.3. The highest BCUT2D eigenvalue weighted by molar-refractivity contribution is 7.47. The molecule has 9 heteroatoms. The van der Waals surface area contributed by atoms with Crippen LogP contribution in [0.5, 0.6) is 0 Å². The van der Waals surface area contributed by atoms with E-state index in [9.17, 15) is 19.4 Å². The molecule has 3 atom stereocenters. The second-order valence-electron chi connectivity index (χ2n) is 17.1. The van der Waals surface area contributed by atoms with Crippen LogP contribution in [0.3, 0.4) is 0 Å². The van der Waals surface area contributed by atoms with Gasteiger partial charge in [-0.2, -0.15) is 0 Å². The number of carbonyl (C=O) groups excluding carboxylic acids is 1. The van der Waals surface area contributed by atoms with E-state index in [1.165, 1.54) is 141 Å². The standard InChI is InChI=1S/C47H91N2O6P/c1-6-8-10-12-14-16-18-20-21-22-23-24-25-26-27-29-31-33-35-37-39-41-47(51)48-45(44-55-56(52,53)54-43-42-49(3,4)5)46(50)40-38-36-34-32-30-28-19-17-15-13-11-9-7-2/h26-27,33,35,38,40,45-46,50H,6-25,28-32,34,36-37,39,41-44H2,1-5H3,(H-,48,51,52,53)/p+1/b27-26-,35-33-,40-38+/t45-,46+/m0/s1. The van der Waals surface area contributed by atoms with Gasteiger partial charge in [-0.25, -0.2) is 4.57 Å². The van der Waals surface area contributed by atoms with Crippen LogP contribution in [0.1, 0.15) is 206 Å². The smallest absolute Gasteiger partial charge is 0.387 e. The van der Waals surface area contributed by atoms with Crippen molar-refractivity contribution in [1.82, 2.24) is 5.32 Å². The minimum Gasteiger partial charge on any atom is -0.387 e. The fraction of sp³-hybridized carbons (Fsp3) is 0.851. The molecule has 0 aromatic carbocycles. The maximum absolute atomic E-state index is 12.9. The van der Waals surface area contributed by atoms with Gasteiger partial charge in [-0.1, -0.05) is 185 Å². The number of quaternary nitrogens is 1. The minimum absolute atomic E-state index is 0.0546. The molecule has 8 nitrogen and oxygen atoms in total. The lowest BCUT2D eigenvalue weighted by atomic mass is 10.0. The minimum atomic E-state index is -4.35. The molecule has 0 radical (unpaired) electrons. The molecule has 0 aromatic heterocycles. The molecule has 0 aliphatic rings. The van der Waals surface area contributed by atoms with Gasteiger partial charge in [0.15, 0.2) is 0 Å². The first-order chi connectivity index (χ1) is 27.0. The average molecular weight is 812 g/mol. The quantitative estimate of drug-likeness (QED) is 0.0245. The molecule has 1 unspecified atom stereocenters. The summed E-state index contributed by atoms with van der Waals surface area (Å²) in [5.41, 5.74) is 0. The largest absolute Gasteiger partial charge is 0.472 e. The fourth-order valence-electron chi connectivity index (χ4n) is 6.59. The Bertz CT molecular complexity index is 1010. The van der Waals surface area contributed by atoms with E-state index in [1.54, 1.807) is 6.08 Å². The zero-order chi connectivity index (χ0) is 41.4. The van der Waals surface area contributed by atoms with Crippen LogP contribution in [-0.2, 0) is 18.4 Å². The summed E-state index contributed by atoms with van der Waals surface area (Å²) >= 11 is 0. The van der Waals surface area contributed by atoms with Gasteiger partial charge < -0.3 is 19.8 Å². The third-order valence-electron chi connectivity index (χ3n) is 10.3. The Morgan fingerprint density at radius 1 is 0.589 bits per heavy atom. The number of hydrogen-bond acceptors (Lipinski definition) is 5. The molecule has 0 saturated carbocycles. The molecule has 1 amide bonds. The topological polar surface area (TPSA) is 105 Å². The van der Waals surface area contributed by atoms with Crippen LogP contribution in [0, 0.1) is 0 Å². The summed E-state index contributed by atoms with van der Waals surface area (Å²) < 4.78 is 23.5. The van der Waals surface area contributed by atoms with Crippen molar-refractivity contribution in [3.8, 4) is 0 Å². The predicted octanol–water partition coefficient (Wildman–Crippen LogP) is 13.1. The number of carbonyl (C=O) groups is 1. The molecular formula is C47H92N2O6P+. The van der Waals surface area contributed by atoms with Crippen LogP contribution in [0.25, 0.3) is 0 Å². The summed E-state index contributed by atoms with van der Waals surface area (Å²) in [5, 5.41) is 13.8. The molecule has 0 fully saturated rings. The molecular weight excluding hydrogens is 719 g/mol. The van der Waals surface area contributed by atoms with Crippen LogP contribution >= 0.6 is 7.82 Å². The summed E-state index contributed by atoms with van der Waals surface area (Å²) in [4.78, 5) is 23.1. The zero-order valence-electron chi connectivity index (χ0n) is 37.4. The molecule has 56 heavy (non-hydrogen) atoms. The van der Waals surface area contributed by atoms with Gasteiger partial charge in [0.25, 0.3) is 0 Å². The van der Waals surface area contributed by atoms with Crippen molar-refractivity contribution in [2.45, 2.75) is 219 Å². The zero-order valence-corrected chi connectivity index (χ0v) is 38.3. The molecule has 0 aromatic rings. The molecule has 0 spiro atoms. The SMILES string of the molecule is CCCCCCCCCCCCC/C=C/[C@@H](O)[C@H](COP(=O)(O)OCC[N+](C)(C)C)NC(=O)CCC/C=C\CC/C=C\CCCCCCCCCCCCCC. The average Bonchev–Trinajstić information content (AvgIpc) is 3.15. The van der Waals surface area contributed by atoms with Crippen molar-refractivity contribution < 1.29 is 32.9 Å². The maximum Gasteiger partial charge on any atom is 0.472 e. The van der Waals surface area contributed by atoms with Crippen LogP contribution in [-0.4, -0.2) is 73.4 Å². The fourth-order valence-corrected chi connectivity index (χ4v) is 7.33. The molecule has 3 N–H and O–H groups in total. The summed E-state index contributed by atoms with van der Waals surface area (Å²) in [7, 11) is 1.55. The number of allylic oxidation sites excluding steroid dienone is 5. The van der Waals surface area contributed by atoms with Crippen molar-refractivity contribution >= 4 is 13.7 Å². The Hall–Kier alpha value is -1.28. The summed E-state index contributed by atoms with van der Waals surface area (Å²) in [6, 6.07) is -0.865. The number of nitrogens with zero attached hydrogens (tertiary/aromatic N) is 1. The highest BCUT2D eigenvalue weighted by atomic mass is 31.2. The summed E-state index contributed by atoms with van der Waals surface area (Å²) in [6.07, 6.45) is 48.0. The van der Waals surface area contributed by atoms with Crippen molar-refractivity contribution in [2.24, 2.45) is 0 Å². The normalized spacial score (nSPS) is 14.6. The Labute approximate surface area is 347 Å². The number of amides is 1. The van der Waals surface area contributed by atoms with Gasteiger partial charge >= 0.3 is 7.82 Å². The number of phosphoric ester groups is 1. The van der Waals surface area contributed by atoms with Gasteiger partial charge in [0.05, 0.1) is 39.9 Å². The number of nitrogens with one attached hydrogen (secondary N) is 1. The molecule has 0 bridgehead atoms. The van der Waals surface area contributed by atoms with Crippen molar-refractivity contribution in [3.05, 3.63) is 36.5 Å². The second-order valence-corrected chi connectivity index (χ2v) is 18.6. The number of rotatable bonds is 42. The van der Waals surface area contributed by atoms with Gasteiger partial charge in [-0.05, 0) is 51.4 Å². The Balaban J connectivity index is 4.40. The number of likely N-dealkylation sites (N-methyl/N-ethyl adjacent to an activating group) is 1. The van der Waals surface area contributed by atoms with E-state index >= 15 is 0 Å². The summed E-state index contributed by atoms with van der Waals surface area (Å²) in [5.74, 6) is -0.218. The lowest BCUT2D eigenvalue weighted by molar-refractivity contribution is -0.870. The van der Waals surface area contributed by atoms with Gasteiger partial charge in [-0.15, -0.1) is 0 Å². The van der Waals surface area contributed by atoms with E-state index in [-0.39, 0.29) is 19.1 Å². The van der Waals surface area contributed by atoms with Gasteiger partial charge in [0.1, 0.15) is 13.2 Å². The Morgan fingerprint density at radius 3 is 1.43 bits per heavy atom. The lowest BCUT2D eigenvalue weighted by Gasteiger charge is -2.25.